The molecule has 0 aliphatic carbocycles. The number of carbonyl (C=O) groups is 1. The number of likely N-dealkylation sites (N-methyl/N-ethyl adjacent to an activating group) is 1. The molecule has 7 nitrogen and oxygen atoms in total. The second-order valence-corrected chi connectivity index (χ2v) is 7.02. The van der Waals surface area contributed by atoms with E-state index < -0.39 is 0 Å². The van der Waals surface area contributed by atoms with Crippen LogP contribution < -0.4 is 20.2 Å². The first-order valence-corrected chi connectivity index (χ1v) is 9.08. The third-order valence-electron chi connectivity index (χ3n) is 4.50. The zero-order valence-electron chi connectivity index (χ0n) is 16.2. The average molecular weight is 404 g/mol. The second-order valence-electron chi connectivity index (χ2n) is 6.61. The lowest BCUT2D eigenvalue weighted by molar-refractivity contribution is 0.0952. The van der Waals surface area contributed by atoms with Crippen molar-refractivity contribution in [1.82, 2.24) is 15.2 Å². The molecule has 3 rings (SSSR count). The number of methoxy groups -OCH3 is 2. The van der Waals surface area contributed by atoms with Crippen LogP contribution in [0.4, 0.5) is 0 Å². The van der Waals surface area contributed by atoms with E-state index >= 15 is 0 Å². The van der Waals surface area contributed by atoms with Gasteiger partial charge in [-0.2, -0.15) is 0 Å². The molecule has 0 bridgehead atoms. The third kappa shape index (κ3) is 3.63. The number of hydrogen-bond acceptors (Lipinski definition) is 5. The highest BCUT2D eigenvalue weighted by molar-refractivity contribution is 6.36. The molecular weight excluding hydrogens is 382 g/mol. The van der Waals surface area contributed by atoms with E-state index in [1.807, 2.05) is 19.0 Å². The summed E-state index contributed by atoms with van der Waals surface area (Å²) in [6, 6.07) is 6.45. The van der Waals surface area contributed by atoms with Crippen molar-refractivity contribution in [2.75, 3.05) is 41.4 Å². The lowest BCUT2D eigenvalue weighted by Gasteiger charge is -2.13. The minimum Gasteiger partial charge on any atom is -0.493 e. The van der Waals surface area contributed by atoms with Crippen molar-refractivity contribution >= 4 is 39.3 Å². The number of benzene rings is 2. The Morgan fingerprint density at radius 3 is 2.50 bits per heavy atom. The Kier molecular flexibility index (Phi) is 5.76. The molecule has 0 spiro atoms. The van der Waals surface area contributed by atoms with Gasteiger partial charge in [0.1, 0.15) is 0 Å². The van der Waals surface area contributed by atoms with Crippen LogP contribution in [0.5, 0.6) is 11.5 Å². The molecular formula is C20H22ClN3O4. The highest BCUT2D eigenvalue weighted by atomic mass is 35.5. The van der Waals surface area contributed by atoms with Gasteiger partial charge in [0.25, 0.3) is 5.91 Å². The van der Waals surface area contributed by atoms with Crippen molar-refractivity contribution in [3.8, 4) is 11.5 Å². The molecule has 2 aromatic carbocycles. The van der Waals surface area contributed by atoms with Crippen LogP contribution in [-0.4, -0.2) is 57.2 Å². The number of aromatic amines is 1. The molecule has 1 amide bonds. The van der Waals surface area contributed by atoms with Gasteiger partial charge in [-0.05, 0) is 32.3 Å². The molecule has 28 heavy (non-hydrogen) atoms. The van der Waals surface area contributed by atoms with Crippen molar-refractivity contribution in [1.29, 1.82) is 0 Å². The maximum Gasteiger partial charge on any atom is 0.253 e. The summed E-state index contributed by atoms with van der Waals surface area (Å²) in [6.07, 6.45) is 0. The molecule has 0 radical (unpaired) electrons. The van der Waals surface area contributed by atoms with E-state index in [0.29, 0.717) is 46.6 Å². The molecule has 148 valence electrons. The average Bonchev–Trinajstić information content (AvgIpc) is 2.66. The van der Waals surface area contributed by atoms with Gasteiger partial charge in [0.15, 0.2) is 16.9 Å². The van der Waals surface area contributed by atoms with Gasteiger partial charge >= 0.3 is 0 Å². The zero-order chi connectivity index (χ0) is 20.4. The number of nitrogens with one attached hydrogen (secondary N) is 2. The number of carbonyl (C=O) groups excluding carboxylic acids is 1. The number of nitrogens with zero attached hydrogens (tertiary/aromatic N) is 1. The lowest BCUT2D eigenvalue weighted by Crippen LogP contribution is -2.31. The monoisotopic (exact) mass is 403 g/mol. The Balaban J connectivity index is 2.21. The summed E-state index contributed by atoms with van der Waals surface area (Å²) < 4.78 is 10.6. The largest absolute Gasteiger partial charge is 0.493 e. The van der Waals surface area contributed by atoms with Crippen molar-refractivity contribution in [2.45, 2.75) is 0 Å². The van der Waals surface area contributed by atoms with Crippen molar-refractivity contribution in [2.24, 2.45) is 0 Å². The summed E-state index contributed by atoms with van der Waals surface area (Å²) in [7, 11) is 6.87. The molecule has 1 heterocycles. The van der Waals surface area contributed by atoms with Gasteiger partial charge in [0.2, 0.25) is 0 Å². The van der Waals surface area contributed by atoms with Crippen LogP contribution in [0.15, 0.2) is 29.1 Å². The summed E-state index contributed by atoms with van der Waals surface area (Å²) in [5.74, 6) is 0.636. The summed E-state index contributed by atoms with van der Waals surface area (Å²) in [6.45, 7) is 1.19. The molecule has 3 aromatic rings. The minimum absolute atomic E-state index is 0.265. The van der Waals surface area contributed by atoms with Crippen molar-refractivity contribution in [3.63, 3.8) is 0 Å². The molecule has 0 atom stereocenters. The molecule has 0 aliphatic heterocycles. The fraction of sp³-hybridized carbons (Fsp3) is 0.300. The maximum absolute atomic E-state index is 13.1. The third-order valence-corrected chi connectivity index (χ3v) is 4.81. The number of ether oxygens (including phenoxy) is 2. The van der Waals surface area contributed by atoms with Crippen LogP contribution in [0.2, 0.25) is 5.02 Å². The number of pyridine rings is 1. The molecule has 2 N–H and O–H groups in total. The normalized spacial score (nSPS) is 11.2. The molecule has 0 saturated heterocycles. The number of amides is 1. The van der Waals surface area contributed by atoms with E-state index in [1.165, 1.54) is 14.2 Å². The maximum atomic E-state index is 13.1. The SMILES string of the molecule is COc1cc2[nH]c3c(C(=O)NCCN(C)C)ccc(Cl)c3c(=O)c2cc1OC. The topological polar surface area (TPSA) is 83.7 Å². The van der Waals surface area contributed by atoms with Crippen LogP contribution in [0.25, 0.3) is 21.8 Å². The molecule has 1 aromatic heterocycles. The van der Waals surface area contributed by atoms with Crippen LogP contribution in [0, 0.1) is 0 Å². The zero-order valence-corrected chi connectivity index (χ0v) is 16.9. The molecule has 0 unspecified atom stereocenters. The number of rotatable bonds is 6. The molecule has 0 aliphatic rings. The predicted molar refractivity (Wildman–Crippen MR) is 111 cm³/mol. The van der Waals surface area contributed by atoms with Crippen LogP contribution in [0.3, 0.4) is 0 Å². The van der Waals surface area contributed by atoms with E-state index in [9.17, 15) is 9.59 Å². The van der Waals surface area contributed by atoms with Crippen LogP contribution >= 0.6 is 11.6 Å². The second kappa shape index (κ2) is 8.08. The Morgan fingerprint density at radius 1 is 1.18 bits per heavy atom. The van der Waals surface area contributed by atoms with E-state index in [2.05, 4.69) is 10.3 Å². The van der Waals surface area contributed by atoms with Gasteiger partial charge < -0.3 is 24.7 Å². The fourth-order valence-electron chi connectivity index (χ4n) is 3.05. The van der Waals surface area contributed by atoms with Gasteiger partial charge in [-0.25, -0.2) is 0 Å². The first-order valence-electron chi connectivity index (χ1n) is 8.70. The number of H-pyrrole nitrogens is 1. The van der Waals surface area contributed by atoms with Crippen LogP contribution in [-0.2, 0) is 0 Å². The van der Waals surface area contributed by atoms with Gasteiger partial charge in [0.05, 0.1) is 46.6 Å². The lowest BCUT2D eigenvalue weighted by atomic mass is 10.0. The Morgan fingerprint density at radius 2 is 1.86 bits per heavy atom. The highest BCUT2D eigenvalue weighted by Gasteiger charge is 2.18. The fourth-order valence-corrected chi connectivity index (χ4v) is 3.29. The van der Waals surface area contributed by atoms with Gasteiger partial charge in [-0.15, -0.1) is 0 Å². The Hall–Kier alpha value is -2.77. The summed E-state index contributed by atoms with van der Waals surface area (Å²) in [4.78, 5) is 30.9. The first-order chi connectivity index (χ1) is 13.4. The standard InChI is InChI=1S/C20H22ClN3O4/c1-24(2)8-7-22-20(26)11-5-6-13(21)17-18(11)23-14-10-16(28-4)15(27-3)9-12(14)19(17)25/h5-6,9-10H,7-8H2,1-4H3,(H,22,26)(H,23,25). The van der Waals surface area contributed by atoms with Crippen molar-refractivity contribution < 1.29 is 14.3 Å². The van der Waals surface area contributed by atoms with E-state index in [1.54, 1.807) is 24.3 Å². The van der Waals surface area contributed by atoms with Gasteiger partial charge in [0, 0.05) is 19.2 Å². The van der Waals surface area contributed by atoms with E-state index in [0.717, 1.165) is 0 Å². The van der Waals surface area contributed by atoms with Gasteiger partial charge in [-0.1, -0.05) is 11.6 Å². The minimum atomic E-state index is -0.280. The number of aromatic nitrogens is 1. The summed E-state index contributed by atoms with van der Waals surface area (Å²) in [5, 5.41) is 3.80. The predicted octanol–water partition coefficient (Wildman–Crippen LogP) is 2.64. The Bertz CT molecular complexity index is 1110. The molecule has 0 fully saturated rings. The van der Waals surface area contributed by atoms with Gasteiger partial charge in [-0.3, -0.25) is 9.59 Å². The quantitative estimate of drug-likeness (QED) is 0.618. The number of halogens is 1. The first kappa shape index (κ1) is 20.0. The van der Waals surface area contributed by atoms with Crippen LogP contribution in [0.1, 0.15) is 10.4 Å². The van der Waals surface area contributed by atoms with Crippen molar-refractivity contribution in [3.05, 3.63) is 45.1 Å². The van der Waals surface area contributed by atoms with E-state index in [4.69, 9.17) is 21.1 Å². The van der Waals surface area contributed by atoms with E-state index in [-0.39, 0.29) is 21.7 Å². The Labute approximate surface area is 167 Å². The summed E-state index contributed by atoms with van der Waals surface area (Å²) >= 11 is 6.30. The molecule has 8 heteroatoms. The summed E-state index contributed by atoms with van der Waals surface area (Å²) in [5.41, 5.74) is 0.990. The molecule has 0 saturated carbocycles. The highest BCUT2D eigenvalue weighted by Crippen LogP contribution is 2.32. The smallest absolute Gasteiger partial charge is 0.253 e. The number of fused-ring (bicyclic) bond motifs is 2. The number of hydrogen-bond donors (Lipinski definition) is 2.